The van der Waals surface area contributed by atoms with E-state index in [0.717, 1.165) is 12.8 Å². The molecule has 3 rings (SSSR count). The van der Waals surface area contributed by atoms with Crippen molar-refractivity contribution in [2.75, 3.05) is 6.61 Å². The van der Waals surface area contributed by atoms with E-state index in [1.54, 1.807) is 6.92 Å². The standard InChI is InChI=1S/C10H16O.C4H6O3/c1-9(2)7-4-5-10(9,3)8(11)6-7;1-3-2-6-4(5)7-3/h7H,4-6H2,1-3H3;3H,2H2,1H3. The molecule has 3 fully saturated rings. The Kier molecular flexibility index (Phi) is 3.16. The molecule has 0 aromatic heterocycles. The zero-order chi connectivity index (χ0) is 13.6. The van der Waals surface area contributed by atoms with Gasteiger partial charge in [-0.1, -0.05) is 20.8 Å². The molecule has 0 aromatic rings. The van der Waals surface area contributed by atoms with Crippen molar-refractivity contribution in [3.05, 3.63) is 0 Å². The maximum atomic E-state index is 11.6. The van der Waals surface area contributed by atoms with Gasteiger partial charge < -0.3 is 9.47 Å². The van der Waals surface area contributed by atoms with Gasteiger partial charge in [-0.2, -0.15) is 0 Å². The number of carbonyl (C=O) groups is 2. The van der Waals surface area contributed by atoms with Gasteiger partial charge in [-0.3, -0.25) is 4.79 Å². The van der Waals surface area contributed by atoms with Crippen molar-refractivity contribution in [2.45, 2.75) is 53.1 Å². The van der Waals surface area contributed by atoms with E-state index in [4.69, 9.17) is 0 Å². The molecule has 0 spiro atoms. The zero-order valence-electron chi connectivity index (χ0n) is 11.6. The average molecular weight is 254 g/mol. The van der Waals surface area contributed by atoms with Crippen molar-refractivity contribution >= 4 is 11.9 Å². The van der Waals surface area contributed by atoms with Gasteiger partial charge in [-0.25, -0.2) is 4.79 Å². The molecule has 1 aliphatic heterocycles. The lowest BCUT2D eigenvalue weighted by atomic mass is 9.70. The Labute approximate surface area is 108 Å². The van der Waals surface area contributed by atoms with E-state index >= 15 is 0 Å². The molecule has 1 saturated heterocycles. The van der Waals surface area contributed by atoms with Gasteiger partial charge in [0.05, 0.1) is 0 Å². The topological polar surface area (TPSA) is 52.6 Å². The quantitative estimate of drug-likeness (QED) is 0.624. The smallest absolute Gasteiger partial charge is 0.430 e. The molecule has 0 amide bonds. The third-order valence-corrected chi connectivity index (χ3v) is 5.22. The fourth-order valence-corrected chi connectivity index (χ4v) is 3.32. The third kappa shape index (κ3) is 1.91. The van der Waals surface area contributed by atoms with Gasteiger partial charge in [0.2, 0.25) is 0 Å². The van der Waals surface area contributed by atoms with Gasteiger partial charge in [-0.15, -0.1) is 0 Å². The van der Waals surface area contributed by atoms with Crippen LogP contribution in [0.5, 0.6) is 0 Å². The van der Waals surface area contributed by atoms with Crippen molar-refractivity contribution in [2.24, 2.45) is 16.7 Å². The summed E-state index contributed by atoms with van der Waals surface area (Å²) in [4.78, 5) is 21.6. The molecular formula is C14H22O4. The number of rotatable bonds is 0. The number of ether oxygens (including phenoxy) is 2. The largest absolute Gasteiger partial charge is 0.508 e. The Morgan fingerprint density at radius 2 is 1.89 bits per heavy atom. The van der Waals surface area contributed by atoms with Crippen LogP contribution in [0.4, 0.5) is 4.79 Å². The first-order valence-electron chi connectivity index (χ1n) is 6.64. The molecule has 1 heterocycles. The van der Waals surface area contributed by atoms with Crippen molar-refractivity contribution < 1.29 is 19.1 Å². The van der Waals surface area contributed by atoms with Crippen LogP contribution >= 0.6 is 0 Å². The lowest BCUT2D eigenvalue weighted by Gasteiger charge is -2.32. The molecule has 3 aliphatic rings. The Morgan fingerprint density at radius 1 is 1.22 bits per heavy atom. The molecule has 3 unspecified atom stereocenters. The fraction of sp³-hybridized carbons (Fsp3) is 0.857. The molecular weight excluding hydrogens is 232 g/mol. The van der Waals surface area contributed by atoms with Gasteiger partial charge in [0.25, 0.3) is 0 Å². The fourth-order valence-electron chi connectivity index (χ4n) is 3.32. The van der Waals surface area contributed by atoms with E-state index in [-0.39, 0.29) is 16.9 Å². The second-order valence-corrected chi connectivity index (χ2v) is 6.41. The van der Waals surface area contributed by atoms with Crippen LogP contribution in [0.25, 0.3) is 0 Å². The van der Waals surface area contributed by atoms with Gasteiger partial charge in [0.1, 0.15) is 18.5 Å². The number of fused-ring (bicyclic) bond motifs is 2. The highest BCUT2D eigenvalue weighted by Crippen LogP contribution is 2.63. The van der Waals surface area contributed by atoms with E-state index in [2.05, 4.69) is 30.2 Å². The summed E-state index contributed by atoms with van der Waals surface area (Å²) in [5.41, 5.74) is 0.307. The number of hydrogen-bond acceptors (Lipinski definition) is 4. The lowest BCUT2D eigenvalue weighted by molar-refractivity contribution is -0.128. The first-order chi connectivity index (χ1) is 8.27. The summed E-state index contributed by atoms with van der Waals surface area (Å²) in [6, 6.07) is 0. The van der Waals surface area contributed by atoms with Crippen molar-refractivity contribution in [1.29, 1.82) is 0 Å². The third-order valence-electron chi connectivity index (χ3n) is 5.22. The normalized spacial score (nSPS) is 40.0. The Bertz CT molecular complexity index is 374. The molecule has 2 aliphatic carbocycles. The predicted molar refractivity (Wildman–Crippen MR) is 66.1 cm³/mol. The molecule has 0 radical (unpaired) electrons. The van der Waals surface area contributed by atoms with E-state index in [9.17, 15) is 9.59 Å². The van der Waals surface area contributed by atoms with Gasteiger partial charge in [0, 0.05) is 11.8 Å². The van der Waals surface area contributed by atoms with E-state index in [0.29, 0.717) is 18.3 Å². The molecule has 0 N–H and O–H groups in total. The van der Waals surface area contributed by atoms with E-state index in [1.165, 1.54) is 6.42 Å². The van der Waals surface area contributed by atoms with E-state index in [1.807, 2.05) is 0 Å². The highest BCUT2D eigenvalue weighted by Gasteiger charge is 2.61. The highest BCUT2D eigenvalue weighted by molar-refractivity contribution is 5.89. The van der Waals surface area contributed by atoms with E-state index < -0.39 is 6.16 Å². The number of hydrogen-bond donors (Lipinski definition) is 0. The summed E-state index contributed by atoms with van der Waals surface area (Å²) in [7, 11) is 0. The van der Waals surface area contributed by atoms with Crippen LogP contribution in [0.2, 0.25) is 0 Å². The van der Waals surface area contributed by atoms with Crippen molar-refractivity contribution in [3.63, 3.8) is 0 Å². The molecule has 3 atom stereocenters. The minimum atomic E-state index is -0.549. The van der Waals surface area contributed by atoms with Crippen LogP contribution in [-0.2, 0) is 14.3 Å². The number of Topliss-reactive ketones (excluding diaryl/α,β-unsaturated/α-hetero) is 1. The Balaban J connectivity index is 0.000000149. The summed E-state index contributed by atoms with van der Waals surface area (Å²) in [5.74, 6) is 1.19. The van der Waals surface area contributed by atoms with Crippen molar-refractivity contribution in [3.8, 4) is 0 Å². The molecule has 2 bridgehead atoms. The molecule has 2 saturated carbocycles. The molecule has 18 heavy (non-hydrogen) atoms. The minimum absolute atomic E-state index is 0.0255. The average Bonchev–Trinajstić information content (AvgIpc) is 2.80. The van der Waals surface area contributed by atoms with Gasteiger partial charge in [-0.05, 0) is 31.1 Å². The highest BCUT2D eigenvalue weighted by atomic mass is 16.8. The summed E-state index contributed by atoms with van der Waals surface area (Å²) in [6.07, 6.45) is 2.66. The van der Waals surface area contributed by atoms with Crippen LogP contribution < -0.4 is 0 Å². The van der Waals surface area contributed by atoms with Gasteiger partial charge in [0.15, 0.2) is 0 Å². The first-order valence-corrected chi connectivity index (χ1v) is 6.64. The van der Waals surface area contributed by atoms with Crippen LogP contribution in [0, 0.1) is 16.7 Å². The van der Waals surface area contributed by atoms with Gasteiger partial charge >= 0.3 is 6.16 Å². The Morgan fingerprint density at radius 3 is 2.06 bits per heavy atom. The SMILES string of the molecule is CC12CCC(CC1=O)C2(C)C.CC1COC(=O)O1. The molecule has 102 valence electrons. The number of cyclic esters (lactones) is 2. The summed E-state index contributed by atoms with van der Waals surface area (Å²) in [6.45, 7) is 8.86. The molecule has 4 nitrogen and oxygen atoms in total. The number of ketones is 1. The summed E-state index contributed by atoms with van der Waals surface area (Å²) >= 11 is 0. The predicted octanol–water partition coefficient (Wildman–Crippen LogP) is 2.94. The minimum Gasteiger partial charge on any atom is -0.430 e. The lowest BCUT2D eigenvalue weighted by Crippen LogP contribution is -2.32. The first kappa shape index (κ1) is 13.4. The second kappa shape index (κ2) is 4.25. The monoisotopic (exact) mass is 254 g/mol. The number of carbonyl (C=O) groups excluding carboxylic acids is 2. The van der Waals surface area contributed by atoms with Crippen molar-refractivity contribution in [1.82, 2.24) is 0 Å². The molecule has 4 heteroatoms. The van der Waals surface area contributed by atoms with Crippen LogP contribution in [0.15, 0.2) is 0 Å². The maximum absolute atomic E-state index is 11.6. The summed E-state index contributed by atoms with van der Waals surface area (Å²) < 4.78 is 8.90. The molecule has 0 aromatic carbocycles. The van der Waals surface area contributed by atoms with Crippen LogP contribution in [0.1, 0.15) is 47.0 Å². The van der Waals surface area contributed by atoms with Crippen LogP contribution in [0.3, 0.4) is 0 Å². The maximum Gasteiger partial charge on any atom is 0.508 e. The summed E-state index contributed by atoms with van der Waals surface area (Å²) in [5, 5.41) is 0. The van der Waals surface area contributed by atoms with Crippen LogP contribution in [-0.4, -0.2) is 24.6 Å². The second-order valence-electron chi connectivity index (χ2n) is 6.41. The Hall–Kier alpha value is -1.06. The zero-order valence-corrected chi connectivity index (χ0v) is 11.6.